The fraction of sp³-hybridized carbons (Fsp3) is 0.381. The molecule has 3 heterocycles. The molecule has 11 nitrogen and oxygen atoms in total. The number of nitrogens with zero attached hydrogens (tertiary/aromatic N) is 5. The molecule has 1 aromatic carbocycles. The fourth-order valence-corrected chi connectivity index (χ4v) is 3.42. The standard InChI is InChI=1S/C21H26N8O3/c1-32-10-8-22-12-16-11-18-25-20(30)17(7-9-29(18)26-16)24-21(31)19-23-14-28(27-19)13-15-5-3-2-4-6-15/h2-6,11,14,17,22H,7-10,12-13H2,1H3,(H,24,31)(H,25,30). The first-order valence-corrected chi connectivity index (χ1v) is 10.4. The molecule has 3 N–H and O–H groups in total. The number of amides is 2. The lowest BCUT2D eigenvalue weighted by molar-refractivity contribution is -0.118. The molecule has 0 fully saturated rings. The van der Waals surface area contributed by atoms with Crippen molar-refractivity contribution in [1.82, 2.24) is 35.2 Å². The number of methoxy groups -OCH3 is 1. The normalized spacial score (nSPS) is 15.7. The zero-order valence-electron chi connectivity index (χ0n) is 17.8. The van der Waals surface area contributed by atoms with Crippen molar-refractivity contribution in [3.8, 4) is 0 Å². The van der Waals surface area contributed by atoms with E-state index < -0.39 is 11.9 Å². The van der Waals surface area contributed by atoms with E-state index in [2.05, 4.69) is 31.1 Å². The van der Waals surface area contributed by atoms with Crippen molar-refractivity contribution in [3.05, 3.63) is 59.8 Å². The number of nitrogens with one attached hydrogen (secondary N) is 3. The van der Waals surface area contributed by atoms with Crippen LogP contribution >= 0.6 is 0 Å². The van der Waals surface area contributed by atoms with Gasteiger partial charge in [-0.25, -0.2) is 14.3 Å². The van der Waals surface area contributed by atoms with Crippen molar-refractivity contribution < 1.29 is 14.3 Å². The Morgan fingerprint density at radius 1 is 1.28 bits per heavy atom. The van der Waals surface area contributed by atoms with Gasteiger partial charge in [-0.15, -0.1) is 5.10 Å². The number of aromatic nitrogens is 5. The van der Waals surface area contributed by atoms with Crippen LogP contribution in [0.1, 0.15) is 28.3 Å². The van der Waals surface area contributed by atoms with Gasteiger partial charge in [0.15, 0.2) is 0 Å². The summed E-state index contributed by atoms with van der Waals surface area (Å²) in [5.41, 5.74) is 1.88. The summed E-state index contributed by atoms with van der Waals surface area (Å²) in [7, 11) is 1.65. The van der Waals surface area contributed by atoms with Crippen LogP contribution in [0, 0.1) is 0 Å². The number of hydrogen-bond acceptors (Lipinski definition) is 7. The second-order valence-corrected chi connectivity index (χ2v) is 7.47. The van der Waals surface area contributed by atoms with E-state index in [1.807, 2.05) is 36.4 Å². The zero-order chi connectivity index (χ0) is 22.3. The first-order valence-electron chi connectivity index (χ1n) is 10.4. The number of carbonyl (C=O) groups excluding carboxylic acids is 2. The minimum atomic E-state index is -0.700. The van der Waals surface area contributed by atoms with E-state index in [-0.39, 0.29) is 11.7 Å². The van der Waals surface area contributed by atoms with Crippen molar-refractivity contribution in [3.63, 3.8) is 0 Å². The number of fused-ring (bicyclic) bond motifs is 1. The van der Waals surface area contributed by atoms with Gasteiger partial charge in [-0.3, -0.25) is 9.59 Å². The largest absolute Gasteiger partial charge is 0.383 e. The summed E-state index contributed by atoms with van der Waals surface area (Å²) in [6.45, 7) is 2.91. The van der Waals surface area contributed by atoms with Gasteiger partial charge in [0, 0.05) is 32.8 Å². The van der Waals surface area contributed by atoms with Crippen LogP contribution in [0.15, 0.2) is 42.7 Å². The van der Waals surface area contributed by atoms with Gasteiger partial charge in [0.05, 0.1) is 18.8 Å². The van der Waals surface area contributed by atoms with Crippen molar-refractivity contribution in [2.24, 2.45) is 0 Å². The molecule has 0 spiro atoms. The van der Waals surface area contributed by atoms with Gasteiger partial charge in [0.25, 0.3) is 5.91 Å². The summed E-state index contributed by atoms with van der Waals surface area (Å²) in [5.74, 6) is -0.139. The van der Waals surface area contributed by atoms with Crippen molar-refractivity contribution in [2.75, 3.05) is 25.6 Å². The summed E-state index contributed by atoms with van der Waals surface area (Å²) in [6, 6.07) is 10.9. The van der Waals surface area contributed by atoms with Crippen molar-refractivity contribution >= 4 is 17.6 Å². The summed E-state index contributed by atoms with van der Waals surface area (Å²) in [6.07, 6.45) is 1.92. The second kappa shape index (κ2) is 10.2. The lowest BCUT2D eigenvalue weighted by Crippen LogP contribution is -2.43. The summed E-state index contributed by atoms with van der Waals surface area (Å²) in [5, 5.41) is 17.5. The fourth-order valence-electron chi connectivity index (χ4n) is 3.42. The molecule has 32 heavy (non-hydrogen) atoms. The molecule has 0 bridgehead atoms. The van der Waals surface area contributed by atoms with Crippen LogP contribution < -0.4 is 16.0 Å². The Hall–Kier alpha value is -3.57. The Morgan fingerprint density at radius 3 is 2.94 bits per heavy atom. The molecule has 0 aliphatic carbocycles. The second-order valence-electron chi connectivity index (χ2n) is 7.47. The molecule has 1 unspecified atom stereocenters. The molecule has 0 saturated carbocycles. The number of ether oxygens (including phenoxy) is 1. The van der Waals surface area contributed by atoms with E-state index in [1.165, 1.54) is 6.33 Å². The highest BCUT2D eigenvalue weighted by Gasteiger charge is 2.27. The highest BCUT2D eigenvalue weighted by Crippen LogP contribution is 2.17. The number of anilines is 1. The van der Waals surface area contributed by atoms with Crippen LogP contribution in [0.4, 0.5) is 5.82 Å². The van der Waals surface area contributed by atoms with Gasteiger partial charge in [-0.2, -0.15) is 5.10 Å². The van der Waals surface area contributed by atoms with E-state index >= 15 is 0 Å². The van der Waals surface area contributed by atoms with Crippen LogP contribution in [-0.2, 0) is 29.2 Å². The average molecular weight is 438 g/mol. The third-order valence-electron chi connectivity index (χ3n) is 5.05. The average Bonchev–Trinajstić information content (AvgIpc) is 3.38. The molecule has 168 valence electrons. The SMILES string of the molecule is COCCNCc1cc2n(n1)CCC(NC(=O)c1ncn(Cc3ccccc3)n1)C(=O)N2. The lowest BCUT2D eigenvalue weighted by atomic mass is 10.2. The quantitative estimate of drug-likeness (QED) is 0.413. The van der Waals surface area contributed by atoms with Gasteiger partial charge in [-0.1, -0.05) is 30.3 Å². The van der Waals surface area contributed by atoms with Gasteiger partial charge in [0.2, 0.25) is 11.7 Å². The van der Waals surface area contributed by atoms with Crippen LogP contribution in [-0.4, -0.2) is 62.7 Å². The van der Waals surface area contributed by atoms with Gasteiger partial charge < -0.3 is 20.7 Å². The topological polar surface area (TPSA) is 128 Å². The molecule has 2 aromatic heterocycles. The molecular formula is C21H26N8O3. The Bertz CT molecular complexity index is 1060. The smallest absolute Gasteiger partial charge is 0.291 e. The minimum absolute atomic E-state index is 0.0279. The molecule has 3 aromatic rings. The highest BCUT2D eigenvalue weighted by molar-refractivity contribution is 5.99. The first kappa shape index (κ1) is 21.7. The molecule has 1 aliphatic heterocycles. The van der Waals surface area contributed by atoms with Crippen molar-refractivity contribution in [2.45, 2.75) is 32.1 Å². The molecule has 0 radical (unpaired) electrons. The van der Waals surface area contributed by atoms with Crippen molar-refractivity contribution in [1.29, 1.82) is 0 Å². The van der Waals surface area contributed by atoms with Crippen LogP contribution in [0.2, 0.25) is 0 Å². The van der Waals surface area contributed by atoms with Crippen LogP contribution in [0.25, 0.3) is 0 Å². The zero-order valence-corrected chi connectivity index (χ0v) is 17.8. The highest BCUT2D eigenvalue weighted by atomic mass is 16.5. The number of benzene rings is 1. The first-order chi connectivity index (χ1) is 15.6. The Morgan fingerprint density at radius 2 is 2.12 bits per heavy atom. The monoisotopic (exact) mass is 438 g/mol. The molecule has 0 saturated heterocycles. The maximum Gasteiger partial charge on any atom is 0.291 e. The third kappa shape index (κ3) is 5.37. The minimum Gasteiger partial charge on any atom is -0.383 e. The summed E-state index contributed by atoms with van der Waals surface area (Å²) < 4.78 is 8.34. The lowest BCUT2D eigenvalue weighted by Gasteiger charge is -2.13. The molecule has 4 rings (SSSR count). The van der Waals surface area contributed by atoms with E-state index in [1.54, 1.807) is 16.5 Å². The van der Waals surface area contributed by atoms with E-state index in [9.17, 15) is 9.59 Å². The van der Waals surface area contributed by atoms with Gasteiger partial charge >= 0.3 is 0 Å². The maximum absolute atomic E-state index is 12.7. The molecule has 2 amide bonds. The molecular weight excluding hydrogens is 412 g/mol. The molecule has 1 atom stereocenters. The van der Waals surface area contributed by atoms with E-state index in [0.717, 1.165) is 11.3 Å². The maximum atomic E-state index is 12.7. The predicted octanol–water partition coefficient (Wildman–Crippen LogP) is 0.400. The third-order valence-corrected chi connectivity index (χ3v) is 5.05. The number of hydrogen-bond donors (Lipinski definition) is 3. The number of aryl methyl sites for hydroxylation is 1. The Labute approximate surface area is 185 Å². The summed E-state index contributed by atoms with van der Waals surface area (Å²) in [4.78, 5) is 29.3. The summed E-state index contributed by atoms with van der Waals surface area (Å²) >= 11 is 0. The Balaban J connectivity index is 1.32. The van der Waals surface area contributed by atoms with Crippen LogP contribution in [0.3, 0.4) is 0 Å². The number of carbonyl (C=O) groups is 2. The van der Waals surface area contributed by atoms with E-state index in [4.69, 9.17) is 4.74 Å². The number of rotatable bonds is 9. The van der Waals surface area contributed by atoms with Gasteiger partial charge in [0.1, 0.15) is 18.2 Å². The van der Waals surface area contributed by atoms with E-state index in [0.29, 0.717) is 45.0 Å². The van der Waals surface area contributed by atoms with Gasteiger partial charge in [-0.05, 0) is 12.0 Å². The molecule has 1 aliphatic rings. The van der Waals surface area contributed by atoms with Crippen LogP contribution in [0.5, 0.6) is 0 Å². The Kier molecular flexibility index (Phi) is 6.87. The molecule has 11 heteroatoms. The predicted molar refractivity (Wildman–Crippen MR) is 116 cm³/mol.